The SMILES string of the molecule is O=C(Nc1cc(CSCCO)ccn1)c1cn[nH]c1-c1c(F)cccc1F. The predicted octanol–water partition coefficient (Wildman–Crippen LogP) is 3.23. The lowest BCUT2D eigenvalue weighted by atomic mass is 10.1. The third kappa shape index (κ3) is 4.50. The van der Waals surface area contributed by atoms with E-state index in [0.29, 0.717) is 17.3 Å². The number of amides is 1. The first-order chi connectivity index (χ1) is 13.1. The van der Waals surface area contributed by atoms with Crippen molar-refractivity contribution in [3.05, 3.63) is 65.5 Å². The van der Waals surface area contributed by atoms with E-state index in [1.165, 1.54) is 12.3 Å². The van der Waals surface area contributed by atoms with Crippen molar-refractivity contribution in [2.75, 3.05) is 17.7 Å². The van der Waals surface area contributed by atoms with Crippen LogP contribution in [0.4, 0.5) is 14.6 Å². The molecule has 0 fully saturated rings. The number of thioether (sulfide) groups is 1. The molecule has 0 saturated carbocycles. The van der Waals surface area contributed by atoms with Crippen molar-refractivity contribution in [1.29, 1.82) is 0 Å². The van der Waals surface area contributed by atoms with E-state index in [2.05, 4.69) is 20.5 Å². The number of halogens is 2. The Morgan fingerprint density at radius 1 is 1.26 bits per heavy atom. The number of carbonyl (C=O) groups excluding carboxylic acids is 1. The first-order valence-electron chi connectivity index (χ1n) is 8.02. The molecule has 0 aliphatic heterocycles. The molecule has 3 aromatic rings. The van der Waals surface area contributed by atoms with Crippen molar-refractivity contribution in [3.63, 3.8) is 0 Å². The number of H-pyrrole nitrogens is 1. The van der Waals surface area contributed by atoms with Crippen LogP contribution in [0.5, 0.6) is 0 Å². The summed E-state index contributed by atoms with van der Waals surface area (Å²) in [7, 11) is 0. The van der Waals surface area contributed by atoms with Crippen LogP contribution in [-0.2, 0) is 5.75 Å². The lowest BCUT2D eigenvalue weighted by molar-refractivity contribution is 0.102. The minimum Gasteiger partial charge on any atom is -0.396 e. The number of aromatic amines is 1. The Bertz CT molecular complexity index is 928. The summed E-state index contributed by atoms with van der Waals surface area (Å²) in [5, 5.41) is 17.7. The first-order valence-corrected chi connectivity index (χ1v) is 9.18. The second kappa shape index (κ2) is 8.74. The lowest BCUT2D eigenvalue weighted by Crippen LogP contribution is -2.14. The summed E-state index contributed by atoms with van der Waals surface area (Å²) in [6.07, 6.45) is 2.76. The summed E-state index contributed by atoms with van der Waals surface area (Å²) in [5.74, 6) is -0.610. The molecule has 0 aliphatic carbocycles. The van der Waals surface area contributed by atoms with Gasteiger partial charge in [-0.25, -0.2) is 13.8 Å². The number of pyridine rings is 1. The van der Waals surface area contributed by atoms with Crippen LogP contribution in [0.2, 0.25) is 0 Å². The standard InChI is InChI=1S/C18H16F2N4O2S/c19-13-2-1-3-14(20)16(13)17-12(9-22-24-17)18(26)23-15-8-11(4-5-21-15)10-27-7-6-25/h1-5,8-9,25H,6-7,10H2,(H,22,24)(H,21,23,26). The molecule has 9 heteroatoms. The number of aromatic nitrogens is 3. The quantitative estimate of drug-likeness (QED) is 0.539. The normalized spacial score (nSPS) is 10.8. The summed E-state index contributed by atoms with van der Waals surface area (Å²) in [4.78, 5) is 16.7. The average molecular weight is 390 g/mol. The fourth-order valence-corrected chi connectivity index (χ4v) is 3.14. The van der Waals surface area contributed by atoms with Gasteiger partial charge in [-0.1, -0.05) is 6.07 Å². The Hall–Kier alpha value is -2.78. The maximum atomic E-state index is 14.0. The minimum absolute atomic E-state index is 0.000795. The number of anilines is 1. The van der Waals surface area contributed by atoms with Gasteiger partial charge in [0, 0.05) is 17.7 Å². The molecule has 27 heavy (non-hydrogen) atoms. The summed E-state index contributed by atoms with van der Waals surface area (Å²) in [6.45, 7) is 0.0925. The van der Waals surface area contributed by atoms with Gasteiger partial charge in [0.25, 0.3) is 5.91 Å². The Morgan fingerprint density at radius 2 is 2.04 bits per heavy atom. The molecule has 0 spiro atoms. The molecule has 0 saturated heterocycles. The van der Waals surface area contributed by atoms with E-state index in [-0.39, 0.29) is 23.4 Å². The largest absolute Gasteiger partial charge is 0.396 e. The molecule has 0 bridgehead atoms. The Balaban J connectivity index is 1.81. The van der Waals surface area contributed by atoms with Crippen molar-refractivity contribution >= 4 is 23.5 Å². The summed E-state index contributed by atoms with van der Waals surface area (Å²) < 4.78 is 28.1. The summed E-state index contributed by atoms with van der Waals surface area (Å²) >= 11 is 1.55. The fourth-order valence-electron chi connectivity index (χ4n) is 2.46. The van der Waals surface area contributed by atoms with Gasteiger partial charge in [-0.05, 0) is 29.8 Å². The van der Waals surface area contributed by atoms with E-state index in [9.17, 15) is 13.6 Å². The molecule has 1 aromatic carbocycles. The second-order valence-electron chi connectivity index (χ2n) is 5.53. The number of aliphatic hydroxyl groups is 1. The Labute approximate surface area is 158 Å². The highest BCUT2D eigenvalue weighted by Gasteiger charge is 2.21. The number of hydrogen-bond acceptors (Lipinski definition) is 5. The van der Waals surface area contributed by atoms with Crippen molar-refractivity contribution in [3.8, 4) is 11.3 Å². The van der Waals surface area contributed by atoms with Crippen LogP contribution in [0, 0.1) is 11.6 Å². The summed E-state index contributed by atoms with van der Waals surface area (Å²) in [5.41, 5.74) is 0.534. The number of rotatable bonds is 7. The van der Waals surface area contributed by atoms with Crippen LogP contribution >= 0.6 is 11.8 Å². The number of nitrogens with one attached hydrogen (secondary N) is 2. The molecule has 6 nitrogen and oxygen atoms in total. The van der Waals surface area contributed by atoms with Crippen molar-refractivity contribution in [2.24, 2.45) is 0 Å². The average Bonchev–Trinajstić information content (AvgIpc) is 3.12. The van der Waals surface area contributed by atoms with Gasteiger partial charge in [0.05, 0.1) is 29.6 Å². The molecule has 3 rings (SSSR count). The number of carbonyl (C=O) groups is 1. The second-order valence-corrected chi connectivity index (χ2v) is 6.64. The number of nitrogens with zero attached hydrogens (tertiary/aromatic N) is 2. The number of aliphatic hydroxyl groups excluding tert-OH is 1. The highest BCUT2D eigenvalue weighted by atomic mass is 32.2. The van der Waals surface area contributed by atoms with Crippen molar-refractivity contribution < 1.29 is 18.7 Å². The highest BCUT2D eigenvalue weighted by molar-refractivity contribution is 7.98. The molecular weight excluding hydrogens is 374 g/mol. The summed E-state index contributed by atoms with van der Waals surface area (Å²) in [6, 6.07) is 6.96. The Morgan fingerprint density at radius 3 is 2.78 bits per heavy atom. The van der Waals surface area contributed by atoms with Crippen molar-refractivity contribution in [2.45, 2.75) is 5.75 Å². The Kier molecular flexibility index (Phi) is 6.15. The van der Waals surface area contributed by atoms with Gasteiger partial charge in [-0.15, -0.1) is 0 Å². The topological polar surface area (TPSA) is 90.9 Å². The van der Waals surface area contributed by atoms with Gasteiger partial charge < -0.3 is 10.4 Å². The van der Waals surface area contributed by atoms with E-state index in [0.717, 1.165) is 17.7 Å². The zero-order valence-corrected chi connectivity index (χ0v) is 14.9. The smallest absolute Gasteiger partial charge is 0.260 e. The minimum atomic E-state index is -0.797. The van der Waals surface area contributed by atoms with E-state index in [4.69, 9.17) is 5.11 Å². The van der Waals surface area contributed by atoms with Gasteiger partial charge >= 0.3 is 0 Å². The molecule has 0 unspecified atom stereocenters. The van der Waals surface area contributed by atoms with Crippen LogP contribution in [-0.4, -0.2) is 38.6 Å². The van der Waals surface area contributed by atoms with Crippen LogP contribution < -0.4 is 5.32 Å². The van der Waals surface area contributed by atoms with Crippen LogP contribution in [0.3, 0.4) is 0 Å². The third-order valence-corrected chi connectivity index (χ3v) is 4.68. The fraction of sp³-hybridized carbons (Fsp3) is 0.167. The molecule has 0 radical (unpaired) electrons. The first kappa shape index (κ1) is 19.0. The lowest BCUT2D eigenvalue weighted by Gasteiger charge is -2.08. The van der Waals surface area contributed by atoms with E-state index in [1.807, 2.05) is 0 Å². The number of benzene rings is 1. The van der Waals surface area contributed by atoms with E-state index in [1.54, 1.807) is 30.1 Å². The number of hydrogen-bond donors (Lipinski definition) is 3. The molecular formula is C18H16F2N4O2S. The van der Waals surface area contributed by atoms with Gasteiger partial charge in [0.2, 0.25) is 0 Å². The molecule has 0 aliphatic rings. The van der Waals surface area contributed by atoms with Crippen LogP contribution in [0.15, 0.2) is 42.7 Å². The zero-order chi connectivity index (χ0) is 19.2. The monoisotopic (exact) mass is 390 g/mol. The van der Waals surface area contributed by atoms with Gasteiger partial charge in [0.15, 0.2) is 0 Å². The molecule has 2 aromatic heterocycles. The zero-order valence-electron chi connectivity index (χ0n) is 14.1. The highest BCUT2D eigenvalue weighted by Crippen LogP contribution is 2.27. The van der Waals surface area contributed by atoms with Crippen LogP contribution in [0.25, 0.3) is 11.3 Å². The molecule has 140 valence electrons. The van der Waals surface area contributed by atoms with E-state index < -0.39 is 17.5 Å². The molecule has 3 N–H and O–H groups in total. The van der Waals surface area contributed by atoms with Gasteiger partial charge in [-0.2, -0.15) is 16.9 Å². The predicted molar refractivity (Wildman–Crippen MR) is 99.4 cm³/mol. The van der Waals surface area contributed by atoms with E-state index >= 15 is 0 Å². The maximum absolute atomic E-state index is 14.0. The van der Waals surface area contributed by atoms with Gasteiger partial charge in [-0.3, -0.25) is 9.89 Å². The third-order valence-electron chi connectivity index (χ3n) is 3.67. The van der Waals surface area contributed by atoms with Gasteiger partial charge in [0.1, 0.15) is 17.5 Å². The van der Waals surface area contributed by atoms with Crippen molar-refractivity contribution in [1.82, 2.24) is 15.2 Å². The maximum Gasteiger partial charge on any atom is 0.260 e. The molecule has 2 heterocycles. The molecule has 0 atom stereocenters. The molecule has 1 amide bonds. The van der Waals surface area contributed by atoms with Crippen LogP contribution in [0.1, 0.15) is 15.9 Å².